The van der Waals surface area contributed by atoms with Crippen molar-refractivity contribution < 1.29 is 0 Å². The molecule has 0 fully saturated rings. The van der Waals surface area contributed by atoms with E-state index in [9.17, 15) is 0 Å². The maximum absolute atomic E-state index is 5.44. The first-order valence-corrected chi connectivity index (χ1v) is 6.06. The number of hydrogen-bond acceptors (Lipinski definition) is 4. The number of hydrazine groups is 1. The highest BCUT2D eigenvalue weighted by molar-refractivity contribution is 5.62. The second-order valence-electron chi connectivity index (χ2n) is 4.38. The summed E-state index contributed by atoms with van der Waals surface area (Å²) in [6, 6.07) is 8.12. The summed E-state index contributed by atoms with van der Waals surface area (Å²) in [7, 11) is 0. The molecule has 0 aliphatic heterocycles. The second kappa shape index (κ2) is 5.14. The Balaban J connectivity index is 2.55. The van der Waals surface area contributed by atoms with Crippen LogP contribution < -0.4 is 11.3 Å². The number of nitrogens with two attached hydrogens (primary N) is 1. The lowest BCUT2D eigenvalue weighted by Gasteiger charge is -2.09. The van der Waals surface area contributed by atoms with Crippen molar-refractivity contribution in [3.05, 3.63) is 41.1 Å². The van der Waals surface area contributed by atoms with Gasteiger partial charge in [0.15, 0.2) is 5.82 Å². The van der Waals surface area contributed by atoms with E-state index < -0.39 is 0 Å². The fourth-order valence-electron chi connectivity index (χ4n) is 1.94. The summed E-state index contributed by atoms with van der Waals surface area (Å²) >= 11 is 0. The summed E-state index contributed by atoms with van der Waals surface area (Å²) in [5, 5.41) is 0. The molecule has 4 heteroatoms. The highest BCUT2D eigenvalue weighted by Gasteiger charge is 2.08. The van der Waals surface area contributed by atoms with Gasteiger partial charge in [0.2, 0.25) is 0 Å². The third kappa shape index (κ3) is 2.49. The van der Waals surface area contributed by atoms with E-state index in [0.717, 1.165) is 23.5 Å². The van der Waals surface area contributed by atoms with E-state index in [-0.39, 0.29) is 0 Å². The molecule has 0 amide bonds. The van der Waals surface area contributed by atoms with Crippen LogP contribution in [0, 0.1) is 13.8 Å². The van der Waals surface area contributed by atoms with Crippen molar-refractivity contribution in [3.63, 3.8) is 0 Å². The van der Waals surface area contributed by atoms with Crippen LogP contribution in [0.25, 0.3) is 11.4 Å². The molecule has 2 aromatic rings. The lowest BCUT2D eigenvalue weighted by Crippen LogP contribution is -2.10. The summed E-state index contributed by atoms with van der Waals surface area (Å²) in [5.41, 5.74) is 7.03. The zero-order chi connectivity index (χ0) is 13.1. The lowest BCUT2D eigenvalue weighted by atomic mass is 10.1. The number of anilines is 1. The molecule has 18 heavy (non-hydrogen) atoms. The fourth-order valence-corrected chi connectivity index (χ4v) is 1.94. The molecule has 0 saturated carbocycles. The van der Waals surface area contributed by atoms with E-state index in [1.54, 1.807) is 0 Å². The molecule has 3 N–H and O–H groups in total. The molecule has 0 bridgehead atoms. The van der Waals surface area contributed by atoms with Gasteiger partial charge in [-0.1, -0.05) is 30.7 Å². The van der Waals surface area contributed by atoms with Crippen LogP contribution in [0.15, 0.2) is 24.3 Å². The highest BCUT2D eigenvalue weighted by atomic mass is 15.3. The van der Waals surface area contributed by atoms with Gasteiger partial charge in [-0.2, -0.15) is 0 Å². The minimum Gasteiger partial charge on any atom is -0.308 e. The Morgan fingerprint density at radius 3 is 2.56 bits per heavy atom. The van der Waals surface area contributed by atoms with Crippen LogP contribution in [-0.4, -0.2) is 9.97 Å². The summed E-state index contributed by atoms with van der Waals surface area (Å²) in [5.74, 6) is 6.81. The van der Waals surface area contributed by atoms with Crippen LogP contribution in [0.4, 0.5) is 5.82 Å². The van der Waals surface area contributed by atoms with Crippen LogP contribution in [0.3, 0.4) is 0 Å². The van der Waals surface area contributed by atoms with Crippen molar-refractivity contribution in [1.29, 1.82) is 0 Å². The van der Waals surface area contributed by atoms with E-state index in [2.05, 4.69) is 54.4 Å². The number of nitrogen functional groups attached to an aromatic ring is 1. The Hall–Kier alpha value is -1.94. The molecule has 0 spiro atoms. The van der Waals surface area contributed by atoms with Gasteiger partial charge in [0, 0.05) is 17.3 Å². The summed E-state index contributed by atoms with van der Waals surface area (Å²) in [6.07, 6.45) is 0.856. The molecule has 1 aromatic heterocycles. The predicted octanol–water partition coefficient (Wildman–Crippen LogP) is 2.61. The maximum Gasteiger partial charge on any atom is 0.162 e. The SMILES string of the molecule is CCc1cc(NN)nc(-c2ccc(C)cc2C)n1. The molecule has 4 nitrogen and oxygen atoms in total. The van der Waals surface area contributed by atoms with Crippen LogP contribution in [-0.2, 0) is 6.42 Å². The normalized spacial score (nSPS) is 10.4. The van der Waals surface area contributed by atoms with Crippen molar-refractivity contribution in [3.8, 4) is 11.4 Å². The molecule has 0 aliphatic rings. The molecular weight excluding hydrogens is 224 g/mol. The maximum atomic E-state index is 5.44. The van der Waals surface area contributed by atoms with E-state index in [1.807, 2.05) is 6.07 Å². The molecule has 0 atom stereocenters. The quantitative estimate of drug-likeness (QED) is 0.641. The molecular formula is C14H18N4. The van der Waals surface area contributed by atoms with Gasteiger partial charge in [-0.15, -0.1) is 0 Å². The van der Waals surface area contributed by atoms with Gasteiger partial charge in [0.05, 0.1) is 0 Å². The molecule has 0 saturated heterocycles. The van der Waals surface area contributed by atoms with Gasteiger partial charge in [-0.3, -0.25) is 0 Å². The first-order valence-electron chi connectivity index (χ1n) is 6.06. The van der Waals surface area contributed by atoms with Crippen LogP contribution >= 0.6 is 0 Å². The Morgan fingerprint density at radius 2 is 1.94 bits per heavy atom. The monoisotopic (exact) mass is 242 g/mol. The Kier molecular flexibility index (Phi) is 3.58. The zero-order valence-electron chi connectivity index (χ0n) is 11.0. The second-order valence-corrected chi connectivity index (χ2v) is 4.38. The summed E-state index contributed by atoms with van der Waals surface area (Å²) < 4.78 is 0. The van der Waals surface area contributed by atoms with E-state index in [4.69, 9.17) is 5.84 Å². The number of rotatable bonds is 3. The van der Waals surface area contributed by atoms with Gasteiger partial charge >= 0.3 is 0 Å². The summed E-state index contributed by atoms with van der Waals surface area (Å²) in [4.78, 5) is 8.97. The number of hydrogen-bond donors (Lipinski definition) is 2. The average molecular weight is 242 g/mol. The number of benzene rings is 1. The molecule has 0 unspecified atom stereocenters. The van der Waals surface area contributed by atoms with Gasteiger partial charge in [0.25, 0.3) is 0 Å². The molecule has 0 aliphatic carbocycles. The highest BCUT2D eigenvalue weighted by Crippen LogP contribution is 2.22. The fraction of sp³-hybridized carbons (Fsp3) is 0.286. The van der Waals surface area contributed by atoms with Gasteiger partial charge in [0.1, 0.15) is 5.82 Å². The molecule has 94 valence electrons. The zero-order valence-corrected chi connectivity index (χ0v) is 11.0. The van der Waals surface area contributed by atoms with Crippen molar-refractivity contribution in [2.24, 2.45) is 5.84 Å². The molecule has 1 heterocycles. The van der Waals surface area contributed by atoms with Crippen molar-refractivity contribution >= 4 is 5.82 Å². The average Bonchev–Trinajstić information content (AvgIpc) is 2.38. The topological polar surface area (TPSA) is 63.8 Å². The van der Waals surface area contributed by atoms with E-state index in [0.29, 0.717) is 5.82 Å². The smallest absolute Gasteiger partial charge is 0.162 e. The third-order valence-corrected chi connectivity index (χ3v) is 2.91. The van der Waals surface area contributed by atoms with Crippen LogP contribution in [0.2, 0.25) is 0 Å². The largest absolute Gasteiger partial charge is 0.308 e. The van der Waals surface area contributed by atoms with Crippen molar-refractivity contribution in [2.75, 3.05) is 5.43 Å². The van der Waals surface area contributed by atoms with Crippen LogP contribution in [0.1, 0.15) is 23.7 Å². The minimum absolute atomic E-state index is 0.650. The van der Waals surface area contributed by atoms with Crippen molar-refractivity contribution in [2.45, 2.75) is 27.2 Å². The Morgan fingerprint density at radius 1 is 1.17 bits per heavy atom. The van der Waals surface area contributed by atoms with Gasteiger partial charge < -0.3 is 5.43 Å². The number of aromatic nitrogens is 2. The van der Waals surface area contributed by atoms with Crippen molar-refractivity contribution in [1.82, 2.24) is 9.97 Å². The van der Waals surface area contributed by atoms with E-state index >= 15 is 0 Å². The Bertz CT molecular complexity index is 541. The first-order chi connectivity index (χ1) is 8.63. The van der Waals surface area contributed by atoms with Gasteiger partial charge in [-0.05, 0) is 25.8 Å². The number of nitrogens with zero attached hydrogens (tertiary/aromatic N) is 2. The summed E-state index contributed by atoms with van der Waals surface area (Å²) in [6.45, 7) is 6.21. The minimum atomic E-state index is 0.650. The van der Waals surface area contributed by atoms with Gasteiger partial charge in [-0.25, -0.2) is 15.8 Å². The molecule has 1 aromatic carbocycles. The van der Waals surface area contributed by atoms with E-state index in [1.165, 1.54) is 11.1 Å². The van der Waals surface area contributed by atoms with Crippen LogP contribution in [0.5, 0.6) is 0 Å². The number of aryl methyl sites for hydroxylation is 3. The molecule has 2 rings (SSSR count). The standard InChI is InChI=1S/C14H18N4/c1-4-11-8-13(18-15)17-14(16-11)12-6-5-9(2)7-10(12)3/h5-8H,4,15H2,1-3H3,(H,16,17,18). The number of nitrogens with one attached hydrogen (secondary N) is 1. The molecule has 0 radical (unpaired) electrons. The predicted molar refractivity (Wildman–Crippen MR) is 74.1 cm³/mol. The third-order valence-electron chi connectivity index (χ3n) is 2.91. The lowest BCUT2D eigenvalue weighted by molar-refractivity contribution is 1.000. The first kappa shape index (κ1) is 12.5. The Labute approximate surface area is 107 Å².